The van der Waals surface area contributed by atoms with Gasteiger partial charge in [0, 0.05) is 12.8 Å². The van der Waals surface area contributed by atoms with Crippen molar-refractivity contribution in [3.05, 3.63) is 36.5 Å². The maximum absolute atomic E-state index is 12.7. The lowest BCUT2D eigenvalue weighted by molar-refractivity contribution is -0.150. The SMILES string of the molecule is CC/C=C\C/C=C\C/C=C\CCCCCCCCCCCC(=O)OC(CCCCCCCCC)CCCCCCCCCCCCCC(=O)O. The van der Waals surface area contributed by atoms with Gasteiger partial charge >= 0.3 is 11.9 Å². The minimum absolute atomic E-state index is 0.0371. The highest BCUT2D eigenvalue weighted by molar-refractivity contribution is 5.69. The molecule has 0 aliphatic heterocycles. The number of allylic oxidation sites excluding steroid dienone is 6. The van der Waals surface area contributed by atoms with E-state index in [-0.39, 0.29) is 12.1 Å². The van der Waals surface area contributed by atoms with Crippen molar-refractivity contribution in [2.45, 2.75) is 245 Å². The Morgan fingerprint density at radius 3 is 1.30 bits per heavy atom. The summed E-state index contributed by atoms with van der Waals surface area (Å²) in [4.78, 5) is 23.3. The van der Waals surface area contributed by atoms with E-state index in [0.29, 0.717) is 12.8 Å². The molecule has 1 N–H and O–H groups in total. The number of carbonyl (C=O) groups excluding carboxylic acids is 1. The van der Waals surface area contributed by atoms with E-state index in [2.05, 4.69) is 50.3 Å². The highest BCUT2D eigenvalue weighted by Crippen LogP contribution is 2.19. The van der Waals surface area contributed by atoms with Crippen molar-refractivity contribution in [3.8, 4) is 0 Å². The molecule has 0 fully saturated rings. The maximum Gasteiger partial charge on any atom is 0.306 e. The van der Waals surface area contributed by atoms with Crippen LogP contribution < -0.4 is 0 Å². The van der Waals surface area contributed by atoms with E-state index in [0.717, 1.165) is 57.8 Å². The zero-order valence-electron chi connectivity index (χ0n) is 33.5. The average Bonchev–Trinajstić information content (AvgIpc) is 3.10. The van der Waals surface area contributed by atoms with Gasteiger partial charge in [0.25, 0.3) is 0 Å². The van der Waals surface area contributed by atoms with Crippen LogP contribution in [0, 0.1) is 0 Å². The predicted octanol–water partition coefficient (Wildman–Crippen LogP) is 15.3. The molecule has 0 amide bonds. The third-order valence-electron chi connectivity index (χ3n) is 9.88. The molecule has 0 spiro atoms. The van der Waals surface area contributed by atoms with E-state index in [1.54, 1.807) is 0 Å². The number of unbranched alkanes of at least 4 members (excludes halogenated alkanes) is 25. The molecule has 0 heterocycles. The van der Waals surface area contributed by atoms with Crippen LogP contribution >= 0.6 is 0 Å². The standard InChI is InChI=1S/C46H84O4/c1-3-5-7-9-11-12-13-14-15-16-17-18-19-20-24-27-31-35-39-43-46(49)50-44(40-36-32-28-10-8-6-4-2)41-37-33-29-25-22-21-23-26-30-34-38-42-45(47)48/h5,7,11-12,14-15,44H,3-4,6,8-10,13,16-43H2,1-2H3,(H,47,48)/b7-5-,12-11-,15-14-. The highest BCUT2D eigenvalue weighted by Gasteiger charge is 2.14. The number of rotatable bonds is 40. The van der Waals surface area contributed by atoms with Gasteiger partial charge in [-0.2, -0.15) is 0 Å². The molecule has 4 heteroatoms. The molecule has 0 aromatic carbocycles. The second-order valence-electron chi connectivity index (χ2n) is 14.9. The van der Waals surface area contributed by atoms with E-state index in [4.69, 9.17) is 9.84 Å². The maximum atomic E-state index is 12.7. The Hall–Kier alpha value is -1.84. The minimum atomic E-state index is -0.671. The van der Waals surface area contributed by atoms with Gasteiger partial charge in [-0.15, -0.1) is 0 Å². The quantitative estimate of drug-likeness (QED) is 0.0393. The summed E-state index contributed by atoms with van der Waals surface area (Å²) in [5.74, 6) is -0.634. The van der Waals surface area contributed by atoms with E-state index in [1.165, 1.54) is 154 Å². The number of carboxylic acid groups (broad SMARTS) is 1. The van der Waals surface area contributed by atoms with E-state index >= 15 is 0 Å². The average molecular weight is 701 g/mol. The van der Waals surface area contributed by atoms with Crippen LogP contribution in [-0.4, -0.2) is 23.1 Å². The molecule has 1 unspecified atom stereocenters. The Morgan fingerprint density at radius 1 is 0.460 bits per heavy atom. The second-order valence-corrected chi connectivity index (χ2v) is 14.9. The van der Waals surface area contributed by atoms with Crippen LogP contribution in [0.5, 0.6) is 0 Å². The first-order valence-corrected chi connectivity index (χ1v) is 22.0. The smallest absolute Gasteiger partial charge is 0.306 e. The van der Waals surface area contributed by atoms with Crippen LogP contribution in [-0.2, 0) is 14.3 Å². The molecular weight excluding hydrogens is 617 g/mol. The molecule has 50 heavy (non-hydrogen) atoms. The number of carboxylic acids is 1. The van der Waals surface area contributed by atoms with Crippen LogP contribution in [0.25, 0.3) is 0 Å². The monoisotopic (exact) mass is 701 g/mol. The van der Waals surface area contributed by atoms with Crippen molar-refractivity contribution >= 4 is 11.9 Å². The highest BCUT2D eigenvalue weighted by atomic mass is 16.5. The number of carbonyl (C=O) groups is 2. The fraction of sp³-hybridized carbons (Fsp3) is 0.826. The summed E-state index contributed by atoms with van der Waals surface area (Å²) in [5.41, 5.74) is 0. The summed E-state index contributed by atoms with van der Waals surface area (Å²) >= 11 is 0. The minimum Gasteiger partial charge on any atom is -0.481 e. The molecule has 0 aromatic heterocycles. The van der Waals surface area contributed by atoms with Crippen LogP contribution in [0.3, 0.4) is 0 Å². The Kier molecular flexibility index (Phi) is 40.0. The first-order valence-electron chi connectivity index (χ1n) is 22.0. The number of aliphatic carboxylic acids is 1. The number of ether oxygens (including phenoxy) is 1. The van der Waals surface area contributed by atoms with Gasteiger partial charge in [0.05, 0.1) is 0 Å². The van der Waals surface area contributed by atoms with Crippen molar-refractivity contribution < 1.29 is 19.4 Å². The van der Waals surface area contributed by atoms with Crippen molar-refractivity contribution in [1.82, 2.24) is 0 Å². The molecule has 0 aliphatic rings. The van der Waals surface area contributed by atoms with Crippen LogP contribution in [0.2, 0.25) is 0 Å². The van der Waals surface area contributed by atoms with Gasteiger partial charge < -0.3 is 9.84 Å². The van der Waals surface area contributed by atoms with Crippen LogP contribution in [0.1, 0.15) is 239 Å². The zero-order chi connectivity index (χ0) is 36.4. The van der Waals surface area contributed by atoms with Gasteiger partial charge in [-0.05, 0) is 70.6 Å². The molecule has 0 rings (SSSR count). The van der Waals surface area contributed by atoms with E-state index in [9.17, 15) is 9.59 Å². The fourth-order valence-corrected chi connectivity index (χ4v) is 6.67. The summed E-state index contributed by atoms with van der Waals surface area (Å²) in [7, 11) is 0. The molecule has 0 aliphatic carbocycles. The predicted molar refractivity (Wildman–Crippen MR) is 218 cm³/mol. The fourth-order valence-electron chi connectivity index (χ4n) is 6.67. The number of hydrogen-bond acceptors (Lipinski definition) is 3. The third-order valence-corrected chi connectivity index (χ3v) is 9.88. The Labute approximate surface area is 311 Å². The normalized spacial score (nSPS) is 12.5. The molecule has 292 valence electrons. The van der Waals surface area contributed by atoms with Gasteiger partial charge in [0.2, 0.25) is 0 Å². The first-order chi connectivity index (χ1) is 24.6. The molecular formula is C46H84O4. The molecule has 0 aromatic rings. The van der Waals surface area contributed by atoms with Gasteiger partial charge in [-0.25, -0.2) is 0 Å². The van der Waals surface area contributed by atoms with Crippen molar-refractivity contribution in [3.63, 3.8) is 0 Å². The van der Waals surface area contributed by atoms with Gasteiger partial charge in [-0.1, -0.05) is 192 Å². The lowest BCUT2D eigenvalue weighted by Crippen LogP contribution is -2.18. The van der Waals surface area contributed by atoms with Gasteiger partial charge in [0.1, 0.15) is 6.10 Å². The summed E-state index contributed by atoms with van der Waals surface area (Å²) in [5, 5.41) is 8.72. The lowest BCUT2D eigenvalue weighted by Gasteiger charge is -2.18. The van der Waals surface area contributed by atoms with Crippen molar-refractivity contribution in [2.75, 3.05) is 0 Å². The summed E-state index contributed by atoms with van der Waals surface area (Å²) in [6, 6.07) is 0. The Morgan fingerprint density at radius 2 is 0.840 bits per heavy atom. The Bertz CT molecular complexity index is 798. The second kappa shape index (κ2) is 41.6. The Balaban J connectivity index is 3.94. The van der Waals surface area contributed by atoms with Crippen LogP contribution in [0.15, 0.2) is 36.5 Å². The van der Waals surface area contributed by atoms with Gasteiger partial charge in [-0.3, -0.25) is 9.59 Å². The third kappa shape index (κ3) is 40.6. The number of hydrogen-bond donors (Lipinski definition) is 1. The van der Waals surface area contributed by atoms with Crippen molar-refractivity contribution in [2.24, 2.45) is 0 Å². The van der Waals surface area contributed by atoms with E-state index in [1.807, 2.05) is 0 Å². The molecule has 4 nitrogen and oxygen atoms in total. The summed E-state index contributed by atoms with van der Waals surface area (Å²) in [6.07, 6.45) is 54.8. The van der Waals surface area contributed by atoms with E-state index < -0.39 is 5.97 Å². The first kappa shape index (κ1) is 48.2. The molecule has 0 saturated heterocycles. The van der Waals surface area contributed by atoms with Crippen molar-refractivity contribution in [1.29, 1.82) is 0 Å². The molecule has 1 atom stereocenters. The largest absolute Gasteiger partial charge is 0.481 e. The molecule has 0 radical (unpaired) electrons. The molecule has 0 bridgehead atoms. The van der Waals surface area contributed by atoms with Crippen LogP contribution in [0.4, 0.5) is 0 Å². The van der Waals surface area contributed by atoms with Gasteiger partial charge in [0.15, 0.2) is 0 Å². The zero-order valence-corrected chi connectivity index (χ0v) is 33.5. The molecule has 0 saturated carbocycles. The summed E-state index contributed by atoms with van der Waals surface area (Å²) in [6.45, 7) is 4.44. The number of esters is 1. The lowest BCUT2D eigenvalue weighted by atomic mass is 10.0. The summed E-state index contributed by atoms with van der Waals surface area (Å²) < 4.78 is 6.06. The topological polar surface area (TPSA) is 63.6 Å².